The molecular weight excluding hydrogens is 285 g/mol. The summed E-state index contributed by atoms with van der Waals surface area (Å²) in [6, 6.07) is 4.89. The minimum Gasteiger partial charge on any atom is -0.492 e. The molecule has 0 saturated carbocycles. The zero-order valence-electron chi connectivity index (χ0n) is 9.96. The molecule has 0 bridgehead atoms. The van der Waals surface area contributed by atoms with Gasteiger partial charge in [0.1, 0.15) is 11.6 Å². The lowest BCUT2D eigenvalue weighted by atomic mass is 9.98. The van der Waals surface area contributed by atoms with E-state index in [1.54, 1.807) is 12.1 Å². The molecule has 1 aliphatic rings. The lowest BCUT2D eigenvalue weighted by Gasteiger charge is -2.28. The van der Waals surface area contributed by atoms with Crippen LogP contribution in [0.1, 0.15) is 12.8 Å². The molecule has 0 atom stereocenters. The summed E-state index contributed by atoms with van der Waals surface area (Å²) in [5.41, 5.74) is 0. The summed E-state index contributed by atoms with van der Waals surface area (Å²) in [5, 5.41) is 0. The zero-order valence-corrected chi connectivity index (χ0v) is 11.5. The second kappa shape index (κ2) is 5.83. The standard InChI is InChI=1S/C13H17BrFNO/c1-16-7-5-10(6-8-16)9-17-12-4-2-3-11(15)13(12)14/h2-4,10H,5-9H2,1H3. The normalized spacial score (nSPS) is 18.3. The SMILES string of the molecule is CN1CCC(COc2cccc(F)c2Br)CC1. The third-order valence-corrected chi connectivity index (χ3v) is 4.00. The van der Waals surface area contributed by atoms with Crippen molar-refractivity contribution < 1.29 is 9.13 Å². The molecular formula is C13H17BrFNO. The Morgan fingerprint density at radius 1 is 1.41 bits per heavy atom. The molecule has 0 spiro atoms. The number of halogens is 2. The quantitative estimate of drug-likeness (QED) is 0.849. The van der Waals surface area contributed by atoms with Crippen LogP contribution in [-0.2, 0) is 0 Å². The van der Waals surface area contributed by atoms with Gasteiger partial charge < -0.3 is 9.64 Å². The van der Waals surface area contributed by atoms with E-state index < -0.39 is 0 Å². The van der Waals surface area contributed by atoms with Gasteiger partial charge in [-0.3, -0.25) is 0 Å². The van der Waals surface area contributed by atoms with Crippen LogP contribution < -0.4 is 4.74 Å². The molecule has 0 N–H and O–H groups in total. The first kappa shape index (κ1) is 12.8. The van der Waals surface area contributed by atoms with E-state index in [1.165, 1.54) is 6.07 Å². The Hall–Kier alpha value is -0.610. The number of hydrogen-bond donors (Lipinski definition) is 0. The highest BCUT2D eigenvalue weighted by Crippen LogP contribution is 2.28. The van der Waals surface area contributed by atoms with E-state index in [4.69, 9.17) is 4.74 Å². The van der Waals surface area contributed by atoms with Crippen LogP contribution in [0.5, 0.6) is 5.75 Å². The van der Waals surface area contributed by atoms with E-state index in [9.17, 15) is 4.39 Å². The largest absolute Gasteiger partial charge is 0.492 e. The minimum atomic E-state index is -0.272. The average Bonchev–Trinajstić information content (AvgIpc) is 2.33. The minimum absolute atomic E-state index is 0.272. The fraction of sp³-hybridized carbons (Fsp3) is 0.538. The summed E-state index contributed by atoms with van der Waals surface area (Å²) < 4.78 is 19.4. The first-order valence-electron chi connectivity index (χ1n) is 5.92. The Balaban J connectivity index is 1.87. The summed E-state index contributed by atoms with van der Waals surface area (Å²) in [5.74, 6) is 0.913. The van der Waals surface area contributed by atoms with Gasteiger partial charge in [-0.25, -0.2) is 4.39 Å². The summed E-state index contributed by atoms with van der Waals surface area (Å²) in [7, 11) is 2.14. The van der Waals surface area contributed by atoms with Crippen LogP contribution in [0.15, 0.2) is 22.7 Å². The van der Waals surface area contributed by atoms with Gasteiger partial charge in [0.25, 0.3) is 0 Å². The molecule has 0 unspecified atom stereocenters. The van der Waals surface area contributed by atoms with Gasteiger partial charge in [0.05, 0.1) is 11.1 Å². The highest BCUT2D eigenvalue weighted by atomic mass is 79.9. The van der Waals surface area contributed by atoms with Crippen LogP contribution in [-0.4, -0.2) is 31.6 Å². The molecule has 17 heavy (non-hydrogen) atoms. The van der Waals surface area contributed by atoms with Gasteiger partial charge in [-0.15, -0.1) is 0 Å². The maximum Gasteiger partial charge on any atom is 0.141 e. The summed E-state index contributed by atoms with van der Waals surface area (Å²) in [6.07, 6.45) is 2.31. The second-order valence-corrected chi connectivity index (χ2v) is 5.40. The van der Waals surface area contributed by atoms with E-state index in [0.29, 0.717) is 22.7 Å². The van der Waals surface area contributed by atoms with Crippen molar-refractivity contribution in [2.45, 2.75) is 12.8 Å². The number of piperidine rings is 1. The highest BCUT2D eigenvalue weighted by molar-refractivity contribution is 9.10. The molecule has 1 aromatic rings. The molecule has 0 radical (unpaired) electrons. The van der Waals surface area contributed by atoms with E-state index in [0.717, 1.165) is 25.9 Å². The lowest BCUT2D eigenvalue weighted by molar-refractivity contribution is 0.159. The molecule has 1 heterocycles. The summed E-state index contributed by atoms with van der Waals surface area (Å²) in [6.45, 7) is 2.92. The molecule has 2 nitrogen and oxygen atoms in total. The number of ether oxygens (including phenoxy) is 1. The highest BCUT2D eigenvalue weighted by Gasteiger charge is 2.17. The van der Waals surface area contributed by atoms with Crippen molar-refractivity contribution >= 4 is 15.9 Å². The van der Waals surface area contributed by atoms with Gasteiger partial charge in [0.2, 0.25) is 0 Å². The van der Waals surface area contributed by atoms with E-state index in [2.05, 4.69) is 27.9 Å². The van der Waals surface area contributed by atoms with Crippen LogP contribution >= 0.6 is 15.9 Å². The van der Waals surface area contributed by atoms with Gasteiger partial charge in [0, 0.05) is 0 Å². The predicted octanol–water partition coefficient (Wildman–Crippen LogP) is 3.31. The van der Waals surface area contributed by atoms with Crippen LogP contribution in [0, 0.1) is 11.7 Å². The smallest absolute Gasteiger partial charge is 0.141 e. The van der Waals surface area contributed by atoms with Crippen molar-refractivity contribution in [2.24, 2.45) is 5.92 Å². The number of rotatable bonds is 3. The molecule has 0 aromatic heterocycles. The van der Waals surface area contributed by atoms with Crippen molar-refractivity contribution in [3.05, 3.63) is 28.5 Å². The van der Waals surface area contributed by atoms with E-state index in [1.807, 2.05) is 0 Å². The molecule has 1 aromatic carbocycles. The lowest BCUT2D eigenvalue weighted by Crippen LogP contribution is -2.32. The summed E-state index contributed by atoms with van der Waals surface area (Å²) >= 11 is 3.21. The van der Waals surface area contributed by atoms with Crippen molar-refractivity contribution in [3.63, 3.8) is 0 Å². The van der Waals surface area contributed by atoms with Gasteiger partial charge in [0.15, 0.2) is 0 Å². The van der Waals surface area contributed by atoms with Crippen LogP contribution in [0.4, 0.5) is 4.39 Å². The number of hydrogen-bond acceptors (Lipinski definition) is 2. The molecule has 4 heteroatoms. The Kier molecular flexibility index (Phi) is 4.40. The van der Waals surface area contributed by atoms with Crippen molar-refractivity contribution in [2.75, 3.05) is 26.7 Å². The maximum atomic E-state index is 13.3. The Morgan fingerprint density at radius 3 is 2.82 bits per heavy atom. The number of benzene rings is 1. The first-order valence-corrected chi connectivity index (χ1v) is 6.71. The first-order chi connectivity index (χ1) is 8.16. The predicted molar refractivity (Wildman–Crippen MR) is 69.8 cm³/mol. The number of nitrogens with zero attached hydrogens (tertiary/aromatic N) is 1. The van der Waals surface area contributed by atoms with Gasteiger partial charge >= 0.3 is 0 Å². The molecule has 0 aliphatic carbocycles. The Morgan fingerprint density at radius 2 is 2.12 bits per heavy atom. The molecule has 1 fully saturated rings. The Labute approximate surface area is 110 Å². The Bertz CT molecular complexity index is 378. The third kappa shape index (κ3) is 3.42. The fourth-order valence-electron chi connectivity index (χ4n) is 2.03. The van der Waals surface area contributed by atoms with Crippen molar-refractivity contribution in [3.8, 4) is 5.75 Å². The van der Waals surface area contributed by atoms with Crippen LogP contribution in [0.2, 0.25) is 0 Å². The van der Waals surface area contributed by atoms with E-state index >= 15 is 0 Å². The van der Waals surface area contributed by atoms with Crippen molar-refractivity contribution in [1.29, 1.82) is 0 Å². The van der Waals surface area contributed by atoms with Gasteiger partial charge in [-0.1, -0.05) is 6.07 Å². The van der Waals surface area contributed by atoms with Gasteiger partial charge in [-0.2, -0.15) is 0 Å². The zero-order chi connectivity index (χ0) is 12.3. The van der Waals surface area contributed by atoms with Crippen LogP contribution in [0.3, 0.4) is 0 Å². The molecule has 2 rings (SSSR count). The third-order valence-electron chi connectivity index (χ3n) is 3.23. The molecule has 0 amide bonds. The van der Waals surface area contributed by atoms with Crippen LogP contribution in [0.25, 0.3) is 0 Å². The second-order valence-electron chi connectivity index (χ2n) is 4.61. The van der Waals surface area contributed by atoms with Gasteiger partial charge in [-0.05, 0) is 67.0 Å². The van der Waals surface area contributed by atoms with E-state index in [-0.39, 0.29) is 5.82 Å². The maximum absolute atomic E-state index is 13.3. The molecule has 94 valence electrons. The monoisotopic (exact) mass is 301 g/mol. The topological polar surface area (TPSA) is 12.5 Å². The molecule has 1 aliphatic heterocycles. The molecule has 1 saturated heterocycles. The fourth-order valence-corrected chi connectivity index (χ4v) is 2.41. The summed E-state index contributed by atoms with van der Waals surface area (Å²) in [4.78, 5) is 2.33. The average molecular weight is 302 g/mol. The number of likely N-dealkylation sites (tertiary alicyclic amines) is 1. The van der Waals surface area contributed by atoms with Crippen molar-refractivity contribution in [1.82, 2.24) is 4.90 Å².